The lowest BCUT2D eigenvalue weighted by molar-refractivity contribution is 0.206. The third-order valence-corrected chi connectivity index (χ3v) is 6.25. The molecule has 1 N–H and O–H groups in total. The Morgan fingerprint density at radius 2 is 2.03 bits per heavy atom. The molecule has 0 saturated carbocycles. The first kappa shape index (κ1) is 18.0. The van der Waals surface area contributed by atoms with Crippen LogP contribution >= 0.6 is 0 Å². The van der Waals surface area contributed by atoms with Gasteiger partial charge in [0, 0.05) is 24.7 Å². The molecule has 0 bridgehead atoms. The Bertz CT molecular complexity index is 1110. The number of anilines is 1. The summed E-state index contributed by atoms with van der Waals surface area (Å²) >= 11 is 0. The van der Waals surface area contributed by atoms with Crippen LogP contribution in [0.25, 0.3) is 22.5 Å². The number of fused-ring (bicyclic) bond motifs is 2. The Morgan fingerprint density at radius 1 is 1.21 bits per heavy atom. The predicted molar refractivity (Wildman–Crippen MR) is 110 cm³/mol. The number of phenols is 1. The van der Waals surface area contributed by atoms with Crippen LogP contribution in [0.4, 0.5) is 6.01 Å². The zero-order chi connectivity index (χ0) is 20.1. The number of nitrogens with zero attached hydrogens (tertiary/aromatic N) is 5. The number of likely N-dealkylation sites (N-methyl/N-ethyl adjacent to an activating group) is 1. The average Bonchev–Trinajstić information content (AvgIpc) is 3.30. The minimum Gasteiger partial charge on any atom is -0.507 e. The Labute approximate surface area is 169 Å². The third kappa shape index (κ3) is 3.00. The normalized spacial score (nSPS) is 22.0. The van der Waals surface area contributed by atoms with Crippen LogP contribution in [-0.4, -0.2) is 52.7 Å². The van der Waals surface area contributed by atoms with E-state index in [1.807, 2.05) is 19.1 Å². The number of pyridine rings is 1. The van der Waals surface area contributed by atoms with E-state index in [4.69, 9.17) is 9.68 Å². The maximum Gasteiger partial charge on any atom is 0.300 e. The number of hydrogen-bond acceptors (Lipinski definition) is 7. The molecular formula is C22H23N5O2. The van der Waals surface area contributed by atoms with Crippen molar-refractivity contribution in [3.63, 3.8) is 0 Å². The minimum atomic E-state index is 0.0461. The molecule has 7 nitrogen and oxygen atoms in total. The number of benzene rings is 1. The largest absolute Gasteiger partial charge is 0.507 e. The van der Waals surface area contributed by atoms with Crippen molar-refractivity contribution >= 4 is 17.2 Å². The number of phenolic OH excluding ortho intramolecular Hbond substituents is 1. The number of aryl methyl sites for hydroxylation is 1. The Hall–Kier alpha value is -3.11. The van der Waals surface area contributed by atoms with Gasteiger partial charge in [0.25, 0.3) is 6.01 Å². The molecule has 2 aliphatic heterocycles. The van der Waals surface area contributed by atoms with Gasteiger partial charge in [0.15, 0.2) is 5.58 Å². The quantitative estimate of drug-likeness (QED) is 0.719. The van der Waals surface area contributed by atoms with Gasteiger partial charge in [0.2, 0.25) is 5.65 Å². The predicted octanol–water partition coefficient (Wildman–Crippen LogP) is 3.31. The van der Waals surface area contributed by atoms with Gasteiger partial charge < -0.3 is 19.3 Å². The average molecular weight is 389 g/mol. The van der Waals surface area contributed by atoms with E-state index in [1.54, 1.807) is 6.07 Å². The lowest BCUT2D eigenvalue weighted by Crippen LogP contribution is -2.46. The molecule has 0 spiro atoms. The molecule has 148 valence electrons. The van der Waals surface area contributed by atoms with Crippen molar-refractivity contribution in [1.29, 1.82) is 5.26 Å². The molecule has 0 amide bonds. The summed E-state index contributed by atoms with van der Waals surface area (Å²) in [6, 6.07) is 10.0. The third-order valence-electron chi connectivity index (χ3n) is 6.25. The van der Waals surface area contributed by atoms with Crippen LogP contribution < -0.4 is 4.90 Å². The van der Waals surface area contributed by atoms with Gasteiger partial charge >= 0.3 is 0 Å². The molecule has 5 rings (SSSR count). The molecule has 0 radical (unpaired) electrons. The summed E-state index contributed by atoms with van der Waals surface area (Å²) in [6.07, 6.45) is 2.39. The first-order valence-electron chi connectivity index (χ1n) is 10.0. The molecule has 2 fully saturated rings. The lowest BCUT2D eigenvalue weighted by atomic mass is 9.93. The number of piperidine rings is 1. The van der Waals surface area contributed by atoms with Crippen molar-refractivity contribution in [2.45, 2.75) is 25.8 Å². The first-order valence-corrected chi connectivity index (χ1v) is 10.0. The van der Waals surface area contributed by atoms with Crippen LogP contribution in [0.2, 0.25) is 0 Å². The molecule has 2 atom stereocenters. The van der Waals surface area contributed by atoms with Gasteiger partial charge in [0.1, 0.15) is 5.75 Å². The highest BCUT2D eigenvalue weighted by Gasteiger charge is 2.39. The second-order valence-corrected chi connectivity index (χ2v) is 8.17. The molecule has 2 aromatic heterocycles. The topological polar surface area (TPSA) is 89.4 Å². The summed E-state index contributed by atoms with van der Waals surface area (Å²) in [6.45, 7) is 5.00. The van der Waals surface area contributed by atoms with Crippen molar-refractivity contribution < 1.29 is 9.52 Å². The van der Waals surface area contributed by atoms with E-state index < -0.39 is 0 Å². The second kappa shape index (κ2) is 6.75. The van der Waals surface area contributed by atoms with E-state index in [-0.39, 0.29) is 5.75 Å². The van der Waals surface area contributed by atoms with Crippen LogP contribution in [-0.2, 0) is 0 Å². The number of rotatable bonds is 2. The van der Waals surface area contributed by atoms with Crippen molar-refractivity contribution in [1.82, 2.24) is 14.9 Å². The second-order valence-electron chi connectivity index (χ2n) is 8.17. The summed E-state index contributed by atoms with van der Waals surface area (Å²) in [4.78, 5) is 14.0. The maximum atomic E-state index is 10.4. The number of aromatic hydroxyl groups is 1. The number of likely N-dealkylation sites (tertiary alicyclic amines) is 1. The summed E-state index contributed by atoms with van der Waals surface area (Å²) in [7, 11) is 2.17. The highest BCUT2D eigenvalue weighted by molar-refractivity contribution is 5.79. The van der Waals surface area contributed by atoms with E-state index in [1.165, 1.54) is 18.9 Å². The molecule has 0 aliphatic carbocycles. The van der Waals surface area contributed by atoms with Gasteiger partial charge in [-0.2, -0.15) is 10.2 Å². The zero-order valence-corrected chi connectivity index (χ0v) is 16.6. The molecule has 29 heavy (non-hydrogen) atoms. The van der Waals surface area contributed by atoms with Gasteiger partial charge in [0.05, 0.1) is 17.3 Å². The van der Waals surface area contributed by atoms with Gasteiger partial charge in [-0.1, -0.05) is 0 Å². The fourth-order valence-electron chi connectivity index (χ4n) is 4.77. The van der Waals surface area contributed by atoms with Gasteiger partial charge in [-0.15, -0.1) is 0 Å². The van der Waals surface area contributed by atoms with Crippen LogP contribution in [0.5, 0.6) is 5.75 Å². The fourth-order valence-corrected chi connectivity index (χ4v) is 4.77. The highest BCUT2D eigenvalue weighted by atomic mass is 16.4. The Kier molecular flexibility index (Phi) is 4.18. The number of aromatic nitrogens is 2. The van der Waals surface area contributed by atoms with Crippen LogP contribution in [0, 0.1) is 24.2 Å². The van der Waals surface area contributed by atoms with Crippen molar-refractivity contribution in [2.75, 3.05) is 31.6 Å². The molecule has 7 heteroatoms. The number of oxazole rings is 1. The van der Waals surface area contributed by atoms with Crippen LogP contribution in [0.3, 0.4) is 0 Å². The van der Waals surface area contributed by atoms with Crippen molar-refractivity contribution in [2.24, 2.45) is 5.92 Å². The van der Waals surface area contributed by atoms with Crippen molar-refractivity contribution in [3.05, 3.63) is 35.4 Å². The van der Waals surface area contributed by atoms with Crippen molar-refractivity contribution in [3.8, 4) is 23.1 Å². The first-order chi connectivity index (χ1) is 14.0. The Balaban J connectivity index is 1.51. The van der Waals surface area contributed by atoms with E-state index in [0.717, 1.165) is 25.2 Å². The summed E-state index contributed by atoms with van der Waals surface area (Å²) in [5, 5.41) is 19.5. The SMILES string of the molecule is Cc1cc(C#N)cc(O)c1-c1ccc2oc(N3CC[C@H]4CCN(C)C[C@H]43)nc2n1. The monoisotopic (exact) mass is 389 g/mol. The van der Waals surface area contributed by atoms with Crippen LogP contribution in [0.15, 0.2) is 28.7 Å². The molecular weight excluding hydrogens is 366 g/mol. The van der Waals surface area contributed by atoms with Crippen LogP contribution in [0.1, 0.15) is 24.0 Å². The lowest BCUT2D eigenvalue weighted by Gasteiger charge is -2.35. The Morgan fingerprint density at radius 3 is 2.83 bits per heavy atom. The summed E-state index contributed by atoms with van der Waals surface area (Å²) in [5.74, 6) is 0.743. The smallest absolute Gasteiger partial charge is 0.300 e. The molecule has 4 heterocycles. The van der Waals surface area contributed by atoms with E-state index in [2.05, 4.69) is 32.9 Å². The minimum absolute atomic E-state index is 0.0461. The molecule has 2 saturated heterocycles. The number of nitriles is 1. The van der Waals surface area contributed by atoms with E-state index in [0.29, 0.717) is 46.0 Å². The van der Waals surface area contributed by atoms with E-state index in [9.17, 15) is 5.11 Å². The summed E-state index contributed by atoms with van der Waals surface area (Å²) in [5.41, 5.74) is 3.63. The van der Waals surface area contributed by atoms with Gasteiger partial charge in [-0.05, 0) is 69.1 Å². The van der Waals surface area contributed by atoms with E-state index >= 15 is 0 Å². The highest BCUT2D eigenvalue weighted by Crippen LogP contribution is 2.37. The molecule has 1 aromatic carbocycles. The fraction of sp³-hybridized carbons (Fsp3) is 0.409. The zero-order valence-electron chi connectivity index (χ0n) is 16.6. The molecule has 3 aromatic rings. The maximum absolute atomic E-state index is 10.4. The molecule has 2 aliphatic rings. The van der Waals surface area contributed by atoms with Gasteiger partial charge in [-0.3, -0.25) is 0 Å². The number of hydrogen-bond donors (Lipinski definition) is 1. The molecule has 0 unspecified atom stereocenters. The van der Waals surface area contributed by atoms with Gasteiger partial charge in [-0.25, -0.2) is 4.98 Å². The summed E-state index contributed by atoms with van der Waals surface area (Å²) < 4.78 is 6.05. The standard InChI is InChI=1S/C22H23N5O2/c1-13-9-14(11-23)10-18(28)20(13)16-3-4-19-21(24-16)25-22(29-19)27-8-6-15-5-7-26(2)12-17(15)27/h3-4,9-10,15,17,28H,5-8,12H2,1-2H3/t15-,17-/m1/s1.